The van der Waals surface area contributed by atoms with E-state index < -0.39 is 17.1 Å². The van der Waals surface area contributed by atoms with Crippen LogP contribution in [0.1, 0.15) is 29.4 Å². The van der Waals surface area contributed by atoms with Gasteiger partial charge in [-0.05, 0) is 43.7 Å². The Bertz CT molecular complexity index is 1220. The van der Waals surface area contributed by atoms with E-state index in [0.29, 0.717) is 35.2 Å². The summed E-state index contributed by atoms with van der Waals surface area (Å²) < 4.78 is 15.1. The van der Waals surface area contributed by atoms with Crippen molar-refractivity contribution in [1.82, 2.24) is 19.7 Å². The Balaban J connectivity index is 1.77. The van der Waals surface area contributed by atoms with Crippen LogP contribution in [-0.2, 0) is 4.79 Å². The molecule has 1 atom stereocenters. The van der Waals surface area contributed by atoms with Crippen LogP contribution in [0.4, 0.5) is 4.39 Å². The van der Waals surface area contributed by atoms with Gasteiger partial charge in [0, 0.05) is 30.7 Å². The van der Waals surface area contributed by atoms with Crippen molar-refractivity contribution in [3.05, 3.63) is 53.6 Å². The van der Waals surface area contributed by atoms with Gasteiger partial charge < -0.3 is 10.6 Å². The maximum Gasteiger partial charge on any atom is 0.269 e. The van der Waals surface area contributed by atoms with Crippen LogP contribution >= 0.6 is 0 Å². The monoisotopic (exact) mass is 391 g/mol. The molecule has 3 aromatic rings. The molecule has 0 unspecified atom stereocenters. The van der Waals surface area contributed by atoms with Crippen molar-refractivity contribution >= 4 is 22.7 Å². The molecule has 2 amide bonds. The van der Waals surface area contributed by atoms with Gasteiger partial charge in [-0.15, -0.1) is 0 Å². The highest BCUT2D eigenvalue weighted by Gasteiger charge is 2.39. The van der Waals surface area contributed by atoms with Crippen molar-refractivity contribution in [2.75, 3.05) is 13.6 Å². The lowest BCUT2D eigenvalue weighted by atomic mass is 9.89. The molecule has 29 heavy (non-hydrogen) atoms. The van der Waals surface area contributed by atoms with Crippen LogP contribution < -0.4 is 5.73 Å². The highest BCUT2D eigenvalue weighted by molar-refractivity contribution is 6.04. The average Bonchev–Trinajstić information content (AvgIpc) is 3.20. The SMILES string of the molecule is CN1CC[C@@](C)(C#Cc2ccnc(-n3nc(C(N)=O)c4cc(F)ccc43)c2)C1=O. The summed E-state index contributed by atoms with van der Waals surface area (Å²) in [6.07, 6.45) is 2.23. The average molecular weight is 391 g/mol. The molecule has 146 valence electrons. The van der Waals surface area contributed by atoms with Gasteiger partial charge in [0.25, 0.3) is 5.91 Å². The molecule has 1 saturated heterocycles. The van der Waals surface area contributed by atoms with Gasteiger partial charge in [-0.1, -0.05) is 11.8 Å². The summed E-state index contributed by atoms with van der Waals surface area (Å²) >= 11 is 0. The predicted octanol–water partition coefficient (Wildman–Crippen LogP) is 1.88. The Hall–Kier alpha value is -3.73. The Labute approximate surface area is 166 Å². The van der Waals surface area contributed by atoms with E-state index in [2.05, 4.69) is 21.9 Å². The molecule has 0 bridgehead atoms. The number of primary amides is 1. The van der Waals surface area contributed by atoms with E-state index in [0.717, 1.165) is 0 Å². The number of hydrogen-bond donors (Lipinski definition) is 1. The lowest BCUT2D eigenvalue weighted by Gasteiger charge is -2.14. The summed E-state index contributed by atoms with van der Waals surface area (Å²) in [5, 5.41) is 4.53. The second kappa shape index (κ2) is 6.71. The lowest BCUT2D eigenvalue weighted by molar-refractivity contribution is -0.131. The number of likely N-dealkylation sites (tertiary alicyclic amines) is 1. The maximum atomic E-state index is 13.6. The number of halogens is 1. The number of hydrogen-bond acceptors (Lipinski definition) is 4. The number of carbonyl (C=O) groups excluding carboxylic acids is 2. The third kappa shape index (κ3) is 3.21. The van der Waals surface area contributed by atoms with E-state index in [9.17, 15) is 14.0 Å². The minimum absolute atomic E-state index is 0.00507. The number of benzene rings is 1. The van der Waals surface area contributed by atoms with Gasteiger partial charge in [-0.25, -0.2) is 14.1 Å². The molecule has 7 nitrogen and oxygen atoms in total. The first-order valence-corrected chi connectivity index (χ1v) is 9.02. The zero-order valence-electron chi connectivity index (χ0n) is 15.9. The lowest BCUT2D eigenvalue weighted by Crippen LogP contribution is -2.28. The van der Waals surface area contributed by atoms with Crippen LogP contribution in [0.15, 0.2) is 36.5 Å². The molecule has 0 aliphatic carbocycles. The Kier molecular flexibility index (Phi) is 4.31. The van der Waals surface area contributed by atoms with Gasteiger partial charge in [-0.2, -0.15) is 5.10 Å². The van der Waals surface area contributed by atoms with Crippen LogP contribution in [-0.4, -0.2) is 45.1 Å². The molecule has 1 aliphatic heterocycles. The standard InChI is InChI=1S/C21H18FN5O2/c1-21(8-10-26(2)20(21)29)7-5-13-6-9-24-17(11-13)27-16-4-3-14(22)12-15(16)18(25-27)19(23)28/h3-4,6,9,11-12H,8,10H2,1-2H3,(H2,23,28)/t21-/m1/s1. The minimum Gasteiger partial charge on any atom is -0.364 e. The van der Waals surface area contributed by atoms with Crippen molar-refractivity contribution in [2.24, 2.45) is 11.1 Å². The van der Waals surface area contributed by atoms with Crippen LogP contribution in [0, 0.1) is 23.1 Å². The third-order valence-corrected chi connectivity index (χ3v) is 5.09. The number of amides is 2. The largest absolute Gasteiger partial charge is 0.364 e. The zero-order valence-corrected chi connectivity index (χ0v) is 15.9. The number of aromatic nitrogens is 3. The van der Waals surface area contributed by atoms with Gasteiger partial charge in [0.1, 0.15) is 11.2 Å². The summed E-state index contributed by atoms with van der Waals surface area (Å²) in [6, 6.07) is 7.42. The molecule has 8 heteroatoms. The summed E-state index contributed by atoms with van der Waals surface area (Å²) in [6.45, 7) is 2.51. The van der Waals surface area contributed by atoms with Gasteiger partial charge >= 0.3 is 0 Å². The molecule has 1 aliphatic rings. The molecule has 0 spiro atoms. The van der Waals surface area contributed by atoms with Gasteiger partial charge in [0.05, 0.1) is 5.52 Å². The number of fused-ring (bicyclic) bond motifs is 1. The second-order valence-corrected chi connectivity index (χ2v) is 7.25. The molecule has 3 heterocycles. The third-order valence-electron chi connectivity index (χ3n) is 5.09. The van der Waals surface area contributed by atoms with E-state index in [4.69, 9.17) is 5.73 Å². The number of nitrogens with zero attached hydrogens (tertiary/aromatic N) is 4. The molecule has 2 aromatic heterocycles. The van der Waals surface area contributed by atoms with Crippen LogP contribution in [0.3, 0.4) is 0 Å². The van der Waals surface area contributed by atoms with Crippen molar-refractivity contribution in [2.45, 2.75) is 13.3 Å². The highest BCUT2D eigenvalue weighted by atomic mass is 19.1. The quantitative estimate of drug-likeness (QED) is 0.675. The second-order valence-electron chi connectivity index (χ2n) is 7.25. The number of rotatable bonds is 2. The van der Waals surface area contributed by atoms with Gasteiger partial charge in [-0.3, -0.25) is 9.59 Å². The Morgan fingerprint density at radius 1 is 1.31 bits per heavy atom. The molecule has 0 radical (unpaired) electrons. The summed E-state index contributed by atoms with van der Waals surface area (Å²) in [5.41, 5.74) is 5.78. The molecular formula is C21H18FN5O2. The van der Waals surface area contributed by atoms with E-state index in [1.165, 1.54) is 22.9 Å². The van der Waals surface area contributed by atoms with E-state index >= 15 is 0 Å². The van der Waals surface area contributed by atoms with Gasteiger partial charge in [0.15, 0.2) is 11.5 Å². The molecule has 2 N–H and O–H groups in total. The van der Waals surface area contributed by atoms with Crippen LogP contribution in [0.5, 0.6) is 0 Å². The van der Waals surface area contributed by atoms with Crippen molar-refractivity contribution in [1.29, 1.82) is 0 Å². The molecule has 0 saturated carbocycles. The maximum absolute atomic E-state index is 13.6. The first-order valence-electron chi connectivity index (χ1n) is 9.02. The minimum atomic E-state index is -0.757. The molecule has 1 fully saturated rings. The van der Waals surface area contributed by atoms with E-state index in [1.54, 1.807) is 30.3 Å². The fraction of sp³-hybridized carbons (Fsp3) is 0.238. The summed E-state index contributed by atoms with van der Waals surface area (Å²) in [4.78, 5) is 30.0. The van der Waals surface area contributed by atoms with Crippen LogP contribution in [0.2, 0.25) is 0 Å². The molecule has 4 rings (SSSR count). The smallest absolute Gasteiger partial charge is 0.269 e. The predicted molar refractivity (Wildman–Crippen MR) is 105 cm³/mol. The van der Waals surface area contributed by atoms with Crippen LogP contribution in [0.25, 0.3) is 16.7 Å². The first kappa shape index (κ1) is 18.6. The topological polar surface area (TPSA) is 94.1 Å². The number of carbonyl (C=O) groups is 2. The summed E-state index contributed by atoms with van der Waals surface area (Å²) in [7, 11) is 1.77. The molecule has 1 aromatic carbocycles. The van der Waals surface area contributed by atoms with Crippen molar-refractivity contribution in [3.8, 4) is 17.7 Å². The Morgan fingerprint density at radius 3 is 2.79 bits per heavy atom. The van der Waals surface area contributed by atoms with Crippen molar-refractivity contribution in [3.63, 3.8) is 0 Å². The summed E-state index contributed by atoms with van der Waals surface area (Å²) in [5.74, 6) is 5.28. The Morgan fingerprint density at radius 2 is 2.10 bits per heavy atom. The first-order chi connectivity index (χ1) is 13.8. The van der Waals surface area contributed by atoms with Gasteiger partial charge in [0.2, 0.25) is 5.91 Å². The highest BCUT2D eigenvalue weighted by Crippen LogP contribution is 2.29. The molecular weight excluding hydrogens is 373 g/mol. The number of nitrogens with two attached hydrogens (primary N) is 1. The zero-order chi connectivity index (χ0) is 20.8. The fourth-order valence-electron chi connectivity index (χ4n) is 3.41. The fourth-order valence-corrected chi connectivity index (χ4v) is 3.41. The van der Waals surface area contributed by atoms with E-state index in [1.807, 2.05) is 6.92 Å². The van der Waals surface area contributed by atoms with Crippen molar-refractivity contribution < 1.29 is 14.0 Å². The number of pyridine rings is 1. The van der Waals surface area contributed by atoms with E-state index in [-0.39, 0.29) is 11.6 Å². The normalized spacial score (nSPS) is 18.7.